The molecule has 0 radical (unpaired) electrons. The Balaban J connectivity index is 1.38. The molecular weight excluding hydrogens is 384 g/mol. The molecule has 0 spiro atoms. The van der Waals surface area contributed by atoms with Gasteiger partial charge < -0.3 is 4.74 Å². The number of aromatic nitrogens is 2. The van der Waals surface area contributed by atoms with Crippen LogP contribution in [0.4, 0.5) is 0 Å². The first-order valence-corrected chi connectivity index (χ1v) is 11.8. The standard InChI is InChI=1S/C26H28N4O/c27-14-21-22(20-13-15-6-7-19(20)12-15)23-24(29-30-26(23)31-25(21)28)18-10-8-17(9-11-18)16-4-2-1-3-5-16/h6-11,15-16,19-22,28H,1-5,12-13H2,(H,29,30). The van der Waals surface area contributed by atoms with Crippen LogP contribution in [-0.4, -0.2) is 16.1 Å². The highest BCUT2D eigenvalue weighted by molar-refractivity contribution is 5.85. The van der Waals surface area contributed by atoms with Crippen molar-refractivity contribution in [1.29, 1.82) is 10.7 Å². The highest BCUT2D eigenvalue weighted by Crippen LogP contribution is 2.55. The van der Waals surface area contributed by atoms with E-state index in [0.717, 1.165) is 23.2 Å². The Hall–Kier alpha value is -2.87. The smallest absolute Gasteiger partial charge is 0.243 e. The lowest BCUT2D eigenvalue weighted by atomic mass is 9.70. The van der Waals surface area contributed by atoms with Gasteiger partial charge in [-0.15, -0.1) is 5.10 Å². The normalized spacial score (nSPS) is 32.0. The summed E-state index contributed by atoms with van der Waals surface area (Å²) in [5.41, 5.74) is 4.47. The first kappa shape index (κ1) is 18.9. The van der Waals surface area contributed by atoms with E-state index < -0.39 is 5.92 Å². The van der Waals surface area contributed by atoms with Gasteiger partial charge in [-0.25, -0.2) is 0 Å². The molecule has 2 bridgehead atoms. The molecule has 6 rings (SSSR count). The summed E-state index contributed by atoms with van der Waals surface area (Å²) < 4.78 is 5.73. The van der Waals surface area contributed by atoms with Crippen LogP contribution in [0, 0.1) is 40.4 Å². The summed E-state index contributed by atoms with van der Waals surface area (Å²) in [4.78, 5) is 0. The lowest BCUT2D eigenvalue weighted by Crippen LogP contribution is -2.35. The molecule has 1 aromatic heterocycles. The summed E-state index contributed by atoms with van der Waals surface area (Å²) in [6.07, 6.45) is 13.5. The zero-order valence-corrected chi connectivity index (χ0v) is 17.7. The molecular formula is C26H28N4O. The van der Waals surface area contributed by atoms with Crippen LogP contribution in [0.15, 0.2) is 36.4 Å². The molecule has 0 saturated heterocycles. The first-order chi connectivity index (χ1) is 15.2. The van der Waals surface area contributed by atoms with E-state index in [1.54, 1.807) is 0 Å². The van der Waals surface area contributed by atoms with Crippen molar-refractivity contribution in [1.82, 2.24) is 10.2 Å². The fraction of sp³-hybridized carbons (Fsp3) is 0.500. The van der Waals surface area contributed by atoms with Crippen molar-refractivity contribution in [3.63, 3.8) is 0 Å². The second-order valence-corrected chi connectivity index (χ2v) is 9.82. The highest BCUT2D eigenvalue weighted by Gasteiger charge is 2.49. The molecule has 5 nitrogen and oxygen atoms in total. The Morgan fingerprint density at radius 1 is 1.06 bits per heavy atom. The van der Waals surface area contributed by atoms with Crippen molar-refractivity contribution in [2.75, 3.05) is 0 Å². The van der Waals surface area contributed by atoms with Crippen LogP contribution in [0.3, 0.4) is 0 Å². The molecule has 31 heavy (non-hydrogen) atoms. The van der Waals surface area contributed by atoms with Crippen LogP contribution >= 0.6 is 0 Å². The lowest BCUT2D eigenvalue weighted by molar-refractivity contribution is 0.301. The van der Waals surface area contributed by atoms with Crippen molar-refractivity contribution in [2.45, 2.75) is 56.8 Å². The molecule has 2 heterocycles. The molecule has 4 aliphatic rings. The number of hydrogen-bond donors (Lipinski definition) is 2. The van der Waals surface area contributed by atoms with Gasteiger partial charge in [0.25, 0.3) is 0 Å². The average Bonchev–Trinajstić information content (AvgIpc) is 3.55. The summed E-state index contributed by atoms with van der Waals surface area (Å²) >= 11 is 0. The monoisotopic (exact) mass is 412 g/mol. The van der Waals surface area contributed by atoms with Crippen LogP contribution in [0.2, 0.25) is 0 Å². The SMILES string of the molecule is N#CC1C(=N)Oc2n[nH]c(-c3ccc(C4CCCCC4)cc3)c2C1C1CC2C=CC1C2. The second-order valence-electron chi connectivity index (χ2n) is 9.82. The highest BCUT2D eigenvalue weighted by atomic mass is 16.5. The van der Waals surface area contributed by atoms with Gasteiger partial charge in [0.1, 0.15) is 5.92 Å². The van der Waals surface area contributed by atoms with Crippen molar-refractivity contribution in [3.8, 4) is 23.2 Å². The van der Waals surface area contributed by atoms with E-state index in [1.807, 2.05) is 0 Å². The number of rotatable bonds is 3. The molecule has 5 unspecified atom stereocenters. The van der Waals surface area contributed by atoms with Gasteiger partial charge in [0.05, 0.1) is 11.8 Å². The number of H-pyrrole nitrogens is 1. The molecule has 1 aliphatic heterocycles. The number of aromatic amines is 1. The van der Waals surface area contributed by atoms with E-state index in [1.165, 1.54) is 44.1 Å². The van der Waals surface area contributed by atoms with E-state index >= 15 is 0 Å². The molecule has 158 valence electrons. The van der Waals surface area contributed by atoms with Gasteiger partial charge in [-0.05, 0) is 60.5 Å². The number of nitrogens with one attached hydrogen (secondary N) is 2. The first-order valence-electron chi connectivity index (χ1n) is 11.8. The maximum Gasteiger partial charge on any atom is 0.243 e. The van der Waals surface area contributed by atoms with E-state index in [-0.39, 0.29) is 11.8 Å². The van der Waals surface area contributed by atoms with Crippen molar-refractivity contribution in [2.24, 2.45) is 23.7 Å². The third-order valence-corrected chi connectivity index (χ3v) is 8.16. The van der Waals surface area contributed by atoms with Crippen molar-refractivity contribution in [3.05, 3.63) is 47.5 Å². The maximum absolute atomic E-state index is 9.95. The van der Waals surface area contributed by atoms with Gasteiger partial charge in [0, 0.05) is 11.5 Å². The molecule has 2 saturated carbocycles. The summed E-state index contributed by atoms with van der Waals surface area (Å²) in [5.74, 6) is 2.06. The number of hydrogen-bond acceptors (Lipinski definition) is 4. The van der Waals surface area contributed by atoms with Crippen LogP contribution in [0.1, 0.15) is 67.9 Å². The van der Waals surface area contributed by atoms with Crippen LogP contribution in [-0.2, 0) is 0 Å². The molecule has 2 fully saturated rings. The predicted molar refractivity (Wildman–Crippen MR) is 119 cm³/mol. The van der Waals surface area contributed by atoms with E-state index in [9.17, 15) is 5.26 Å². The summed E-state index contributed by atoms with van der Waals surface area (Å²) in [6.45, 7) is 0. The van der Waals surface area contributed by atoms with E-state index in [4.69, 9.17) is 10.1 Å². The van der Waals surface area contributed by atoms with Gasteiger partial charge in [0.2, 0.25) is 11.8 Å². The molecule has 2 N–H and O–H groups in total. The number of nitriles is 1. The average molecular weight is 413 g/mol. The van der Waals surface area contributed by atoms with Crippen LogP contribution in [0.25, 0.3) is 11.3 Å². The zero-order valence-electron chi connectivity index (χ0n) is 17.7. The topological polar surface area (TPSA) is 85.6 Å². The minimum absolute atomic E-state index is 0.0393. The Morgan fingerprint density at radius 3 is 2.55 bits per heavy atom. The molecule has 2 aromatic rings. The Bertz CT molecular complexity index is 1070. The van der Waals surface area contributed by atoms with Gasteiger partial charge >= 0.3 is 0 Å². The van der Waals surface area contributed by atoms with Crippen molar-refractivity contribution >= 4 is 5.90 Å². The van der Waals surface area contributed by atoms with Gasteiger partial charge in [0.15, 0.2) is 0 Å². The minimum atomic E-state index is -0.553. The Morgan fingerprint density at radius 2 is 1.87 bits per heavy atom. The molecule has 5 heteroatoms. The van der Waals surface area contributed by atoms with Crippen molar-refractivity contribution < 1.29 is 4.74 Å². The fourth-order valence-electron chi connectivity index (χ4n) is 6.63. The molecule has 3 aliphatic carbocycles. The van der Waals surface area contributed by atoms with Gasteiger partial charge in [-0.1, -0.05) is 55.7 Å². The largest absolute Gasteiger partial charge is 0.422 e. The Labute approximate surface area is 183 Å². The van der Waals surface area contributed by atoms with E-state index in [2.05, 4.69) is 52.7 Å². The summed E-state index contributed by atoms with van der Waals surface area (Å²) in [5, 5.41) is 25.9. The fourth-order valence-corrected chi connectivity index (χ4v) is 6.63. The minimum Gasteiger partial charge on any atom is -0.422 e. The van der Waals surface area contributed by atoms with Crippen LogP contribution < -0.4 is 4.74 Å². The molecule has 5 atom stereocenters. The zero-order chi connectivity index (χ0) is 20.9. The molecule has 0 amide bonds. The molecule has 1 aromatic carbocycles. The quantitative estimate of drug-likeness (QED) is 0.613. The summed E-state index contributed by atoms with van der Waals surface area (Å²) in [7, 11) is 0. The number of allylic oxidation sites excluding steroid dienone is 2. The van der Waals surface area contributed by atoms with E-state index in [0.29, 0.717) is 29.6 Å². The lowest BCUT2D eigenvalue weighted by Gasteiger charge is -2.35. The Kier molecular flexibility index (Phi) is 4.49. The predicted octanol–water partition coefficient (Wildman–Crippen LogP) is 5.93. The summed E-state index contributed by atoms with van der Waals surface area (Å²) in [6, 6.07) is 11.3. The number of ether oxygens (including phenoxy) is 1. The third-order valence-electron chi connectivity index (χ3n) is 8.16. The third kappa shape index (κ3) is 3.04. The van der Waals surface area contributed by atoms with Gasteiger partial charge in [-0.2, -0.15) is 5.26 Å². The van der Waals surface area contributed by atoms with Crippen LogP contribution in [0.5, 0.6) is 5.88 Å². The number of nitrogens with zero attached hydrogens (tertiary/aromatic N) is 2. The van der Waals surface area contributed by atoms with Gasteiger partial charge in [-0.3, -0.25) is 10.5 Å². The second kappa shape index (κ2) is 7.37. The number of benzene rings is 1. The maximum atomic E-state index is 9.95. The number of fused-ring (bicyclic) bond motifs is 3.